The molecule has 0 N–H and O–H groups in total. The van der Waals surface area contributed by atoms with Crippen molar-refractivity contribution in [3.63, 3.8) is 0 Å². The highest BCUT2D eigenvalue weighted by Crippen LogP contribution is 2.39. The molecule has 1 atom stereocenters. The Kier molecular flexibility index (Phi) is 6.47. The lowest BCUT2D eigenvalue weighted by atomic mass is 9.93. The highest BCUT2D eigenvalue weighted by atomic mass is 32.1. The molecule has 0 saturated heterocycles. The number of nitrogens with zero attached hydrogens (tertiary/aromatic N) is 2. The Hall–Kier alpha value is -4.91. The molecule has 1 aromatic heterocycles. The predicted molar refractivity (Wildman–Crippen MR) is 175 cm³/mol. The van der Waals surface area contributed by atoms with Gasteiger partial charge in [0.2, 0.25) is 0 Å². The summed E-state index contributed by atoms with van der Waals surface area (Å²) in [5.74, 6) is 0.218. The lowest BCUT2D eigenvalue weighted by Crippen LogP contribution is -2.18. The number of nitriles is 1. The van der Waals surface area contributed by atoms with Gasteiger partial charge >= 0.3 is 0 Å². The third-order valence-corrected chi connectivity index (χ3v) is 9.10. The van der Waals surface area contributed by atoms with Crippen LogP contribution in [0.1, 0.15) is 29.5 Å². The lowest BCUT2D eigenvalue weighted by molar-refractivity contribution is 0.952. The van der Waals surface area contributed by atoms with E-state index < -0.39 is 0 Å². The van der Waals surface area contributed by atoms with Crippen LogP contribution >= 0.6 is 11.3 Å². The molecule has 1 aliphatic rings. The third kappa shape index (κ3) is 4.73. The van der Waals surface area contributed by atoms with Gasteiger partial charge in [-0.2, -0.15) is 5.26 Å². The number of anilines is 2. The summed E-state index contributed by atoms with van der Waals surface area (Å²) in [6.07, 6.45) is 6.92. The number of fused-ring (bicyclic) bond motifs is 4. The van der Waals surface area contributed by atoms with Gasteiger partial charge in [0.05, 0.1) is 11.6 Å². The molecule has 1 aliphatic heterocycles. The van der Waals surface area contributed by atoms with Crippen molar-refractivity contribution in [3.05, 3.63) is 150 Å². The molecule has 0 fully saturated rings. The van der Waals surface area contributed by atoms with Crippen molar-refractivity contribution in [2.24, 2.45) is 0 Å². The zero-order valence-electron chi connectivity index (χ0n) is 22.8. The minimum atomic E-state index is 0.218. The van der Waals surface area contributed by atoms with Gasteiger partial charge in [-0.05, 0) is 76.4 Å². The monoisotopic (exact) mass is 544 g/mol. The topological polar surface area (TPSA) is 27.0 Å². The van der Waals surface area contributed by atoms with Crippen LogP contribution in [0.15, 0.2) is 133 Å². The smallest absolute Gasteiger partial charge is 0.0991 e. The lowest BCUT2D eigenvalue weighted by Gasteiger charge is -2.27. The van der Waals surface area contributed by atoms with Crippen molar-refractivity contribution < 1.29 is 0 Å². The molecule has 0 amide bonds. The fourth-order valence-corrected chi connectivity index (χ4v) is 6.91. The van der Waals surface area contributed by atoms with Gasteiger partial charge in [0.25, 0.3) is 0 Å². The first-order chi connectivity index (χ1) is 20.2. The summed E-state index contributed by atoms with van der Waals surface area (Å²) >= 11 is 1.78. The SMILES string of the molecule is CC1/C=C(c2ccc3sc4ccc(C#N)cc4c3c2)\C=C/CN(c2ccc(-c3ccccc3)cc2)c2ccccc21. The maximum Gasteiger partial charge on any atom is 0.0991 e. The number of hydrogen-bond acceptors (Lipinski definition) is 3. The maximum atomic E-state index is 9.46. The quantitative estimate of drug-likeness (QED) is 0.222. The van der Waals surface area contributed by atoms with Gasteiger partial charge in [-0.1, -0.05) is 91.9 Å². The van der Waals surface area contributed by atoms with E-state index in [1.165, 1.54) is 54.0 Å². The van der Waals surface area contributed by atoms with E-state index in [4.69, 9.17) is 0 Å². The first-order valence-electron chi connectivity index (χ1n) is 13.9. The molecular weight excluding hydrogens is 516 g/mol. The fraction of sp³-hybridized carbons (Fsp3) is 0.0789. The van der Waals surface area contributed by atoms with Gasteiger partial charge in [0, 0.05) is 44.0 Å². The van der Waals surface area contributed by atoms with E-state index in [0.29, 0.717) is 5.56 Å². The predicted octanol–water partition coefficient (Wildman–Crippen LogP) is 10.5. The number of benzene rings is 5. The highest BCUT2D eigenvalue weighted by Gasteiger charge is 2.18. The van der Waals surface area contributed by atoms with E-state index in [-0.39, 0.29) is 5.92 Å². The van der Waals surface area contributed by atoms with Crippen LogP contribution in [-0.4, -0.2) is 6.54 Å². The number of thiophene rings is 1. The van der Waals surface area contributed by atoms with Gasteiger partial charge in [-0.25, -0.2) is 0 Å². The van der Waals surface area contributed by atoms with E-state index in [9.17, 15) is 5.26 Å². The van der Waals surface area contributed by atoms with Gasteiger partial charge in [-0.15, -0.1) is 11.3 Å². The Morgan fingerprint density at radius 3 is 2.22 bits per heavy atom. The zero-order chi connectivity index (χ0) is 27.8. The Morgan fingerprint density at radius 2 is 1.41 bits per heavy atom. The Bertz CT molecular complexity index is 1990. The molecule has 7 rings (SSSR count). The molecule has 41 heavy (non-hydrogen) atoms. The molecule has 196 valence electrons. The second-order valence-corrected chi connectivity index (χ2v) is 11.6. The molecule has 6 aromatic rings. The summed E-state index contributed by atoms with van der Waals surface area (Å²) in [7, 11) is 0. The first kappa shape index (κ1) is 25.1. The Morgan fingerprint density at radius 1 is 0.732 bits per heavy atom. The van der Waals surface area contributed by atoms with Crippen molar-refractivity contribution in [1.82, 2.24) is 0 Å². The summed E-state index contributed by atoms with van der Waals surface area (Å²) in [6, 6.07) is 43.2. The van der Waals surface area contributed by atoms with Crippen molar-refractivity contribution in [3.8, 4) is 17.2 Å². The molecule has 5 aromatic carbocycles. The molecule has 0 aliphatic carbocycles. The molecule has 0 saturated carbocycles. The number of hydrogen-bond donors (Lipinski definition) is 0. The Labute approximate surface area is 244 Å². The normalized spacial score (nSPS) is 17.1. The molecule has 0 bridgehead atoms. The maximum absolute atomic E-state index is 9.46. The first-order valence-corrected chi connectivity index (χ1v) is 14.8. The third-order valence-electron chi connectivity index (χ3n) is 7.95. The summed E-state index contributed by atoms with van der Waals surface area (Å²) < 4.78 is 2.46. The average Bonchev–Trinajstić information content (AvgIpc) is 3.42. The van der Waals surface area contributed by atoms with Gasteiger partial charge < -0.3 is 4.90 Å². The van der Waals surface area contributed by atoms with Crippen LogP contribution in [0.5, 0.6) is 0 Å². The van der Waals surface area contributed by atoms with Gasteiger partial charge in [-0.3, -0.25) is 0 Å². The molecule has 1 unspecified atom stereocenters. The van der Waals surface area contributed by atoms with Crippen LogP contribution in [-0.2, 0) is 0 Å². The van der Waals surface area contributed by atoms with Crippen molar-refractivity contribution in [1.29, 1.82) is 5.26 Å². The second kappa shape index (κ2) is 10.6. The van der Waals surface area contributed by atoms with Crippen LogP contribution in [0.25, 0.3) is 36.9 Å². The minimum Gasteiger partial charge on any atom is -0.337 e. The van der Waals surface area contributed by atoms with Crippen LogP contribution < -0.4 is 4.90 Å². The molecule has 3 heteroatoms. The van der Waals surface area contributed by atoms with Crippen LogP contribution in [0, 0.1) is 11.3 Å². The molecule has 2 heterocycles. The largest absolute Gasteiger partial charge is 0.337 e. The van der Waals surface area contributed by atoms with Gasteiger partial charge in [0.15, 0.2) is 0 Å². The van der Waals surface area contributed by atoms with Crippen LogP contribution in [0.2, 0.25) is 0 Å². The standard InChI is InChI=1S/C38H28N2S/c1-26-22-30(31-16-20-38-35(24-31)34-23-27(25-39)13-19-37(34)41-38)10-7-21-40(36-12-6-5-11-33(26)36)32-17-14-29(15-18-32)28-8-3-2-4-9-28/h2-20,22-24,26H,21H2,1H3/b10-7-,30-22+. The number of allylic oxidation sites excluding steroid dienone is 3. The van der Waals surface area contributed by atoms with E-state index in [2.05, 4.69) is 139 Å². The Balaban J connectivity index is 1.28. The van der Waals surface area contributed by atoms with Crippen LogP contribution in [0.4, 0.5) is 11.4 Å². The summed E-state index contributed by atoms with van der Waals surface area (Å²) in [4.78, 5) is 2.41. The number of para-hydroxylation sites is 1. The van der Waals surface area contributed by atoms with E-state index in [0.717, 1.165) is 11.9 Å². The molecule has 0 spiro atoms. The summed E-state index contributed by atoms with van der Waals surface area (Å²) in [5, 5.41) is 11.8. The molecule has 2 nitrogen and oxygen atoms in total. The molecular formula is C38H28N2S. The fourth-order valence-electron chi connectivity index (χ4n) is 5.84. The zero-order valence-corrected chi connectivity index (χ0v) is 23.6. The van der Waals surface area contributed by atoms with Gasteiger partial charge in [0.1, 0.15) is 0 Å². The number of rotatable bonds is 3. The van der Waals surface area contributed by atoms with Crippen molar-refractivity contribution in [2.75, 3.05) is 11.4 Å². The van der Waals surface area contributed by atoms with E-state index in [1.807, 2.05) is 12.1 Å². The minimum absolute atomic E-state index is 0.218. The van der Waals surface area contributed by atoms with Crippen molar-refractivity contribution in [2.45, 2.75) is 12.8 Å². The van der Waals surface area contributed by atoms with E-state index in [1.54, 1.807) is 11.3 Å². The summed E-state index contributed by atoms with van der Waals surface area (Å²) in [5.41, 5.74) is 9.28. The summed E-state index contributed by atoms with van der Waals surface area (Å²) in [6.45, 7) is 3.05. The van der Waals surface area contributed by atoms with Crippen molar-refractivity contribution >= 4 is 48.5 Å². The second-order valence-electron chi connectivity index (χ2n) is 10.5. The molecule has 0 radical (unpaired) electrons. The van der Waals surface area contributed by atoms with E-state index >= 15 is 0 Å². The van der Waals surface area contributed by atoms with Crippen LogP contribution in [0.3, 0.4) is 0 Å². The average molecular weight is 545 g/mol. The highest BCUT2D eigenvalue weighted by molar-refractivity contribution is 7.25.